The van der Waals surface area contributed by atoms with Gasteiger partial charge >= 0.3 is 0 Å². The van der Waals surface area contributed by atoms with Crippen molar-refractivity contribution in [1.29, 1.82) is 0 Å². The number of carbonyl (C=O) groups is 1. The minimum Gasteiger partial charge on any atom is -0.352 e. The van der Waals surface area contributed by atoms with Crippen molar-refractivity contribution < 1.29 is 13.2 Å². The van der Waals surface area contributed by atoms with E-state index < -0.39 is 10.0 Å². The third-order valence-electron chi connectivity index (χ3n) is 2.44. The average molecular weight is 305 g/mol. The second-order valence-corrected chi connectivity index (χ2v) is 6.22. The number of benzene rings is 1. The lowest BCUT2D eigenvalue weighted by Crippen LogP contribution is -2.23. The second kappa shape index (κ2) is 6.77. The van der Waals surface area contributed by atoms with Gasteiger partial charge in [0.15, 0.2) is 0 Å². The first-order valence-corrected chi connectivity index (χ1v) is 8.03. The van der Waals surface area contributed by atoms with E-state index in [9.17, 15) is 13.2 Å². The third-order valence-corrected chi connectivity index (χ3v) is 4.12. The minimum atomic E-state index is -3.43. The topological polar surface area (TPSA) is 75.3 Å². The second-order valence-electron chi connectivity index (χ2n) is 4.00. The highest BCUT2D eigenvalue weighted by Crippen LogP contribution is 2.18. The number of nitrogens with one attached hydrogen (secondary N) is 2. The third kappa shape index (κ3) is 4.72. The lowest BCUT2D eigenvalue weighted by molar-refractivity contribution is 0.0956. The Kier molecular flexibility index (Phi) is 5.62. The Labute approximate surface area is 118 Å². The van der Waals surface area contributed by atoms with Crippen LogP contribution in [0.4, 0.5) is 5.69 Å². The summed E-state index contributed by atoms with van der Waals surface area (Å²) in [4.78, 5) is 11.6. The molecule has 5 nitrogen and oxygen atoms in total. The molecule has 0 radical (unpaired) electrons. The molecular weight excluding hydrogens is 288 g/mol. The standard InChI is InChI=1S/C12H17ClN2O3S/c1-3-14-12(16)10-4-5-11(9(2)8-10)15-19(17,18)7-6-13/h4-5,8,15H,3,6-7H2,1-2H3,(H,14,16). The molecule has 0 aromatic heterocycles. The summed E-state index contributed by atoms with van der Waals surface area (Å²) in [5.41, 5.74) is 1.64. The van der Waals surface area contributed by atoms with E-state index in [0.29, 0.717) is 23.4 Å². The fraction of sp³-hybridized carbons (Fsp3) is 0.417. The number of amides is 1. The van der Waals surface area contributed by atoms with E-state index in [1.165, 1.54) is 0 Å². The van der Waals surface area contributed by atoms with E-state index in [1.807, 2.05) is 6.92 Å². The molecule has 0 saturated heterocycles. The molecular formula is C12H17ClN2O3S. The number of alkyl halides is 1. The van der Waals surface area contributed by atoms with Gasteiger partial charge in [-0.2, -0.15) is 0 Å². The zero-order valence-corrected chi connectivity index (χ0v) is 12.4. The molecule has 0 aliphatic rings. The molecule has 0 aliphatic heterocycles. The Morgan fingerprint density at radius 2 is 2.05 bits per heavy atom. The summed E-state index contributed by atoms with van der Waals surface area (Å²) in [6, 6.07) is 4.80. The summed E-state index contributed by atoms with van der Waals surface area (Å²) in [5, 5.41) is 2.68. The molecule has 0 saturated carbocycles. The van der Waals surface area contributed by atoms with E-state index >= 15 is 0 Å². The van der Waals surface area contributed by atoms with Gasteiger partial charge in [-0.05, 0) is 37.6 Å². The van der Waals surface area contributed by atoms with Crippen molar-refractivity contribution >= 4 is 33.2 Å². The van der Waals surface area contributed by atoms with E-state index in [1.54, 1.807) is 25.1 Å². The van der Waals surface area contributed by atoms with Crippen LogP contribution >= 0.6 is 11.6 Å². The highest BCUT2D eigenvalue weighted by molar-refractivity contribution is 7.92. The first-order valence-electron chi connectivity index (χ1n) is 5.85. The van der Waals surface area contributed by atoms with Crippen molar-refractivity contribution in [3.05, 3.63) is 29.3 Å². The molecule has 1 aromatic carbocycles. The maximum Gasteiger partial charge on any atom is 0.251 e. The van der Waals surface area contributed by atoms with Gasteiger partial charge in [0, 0.05) is 18.0 Å². The van der Waals surface area contributed by atoms with Crippen molar-refractivity contribution in [2.75, 3.05) is 22.9 Å². The van der Waals surface area contributed by atoms with Crippen LogP contribution < -0.4 is 10.0 Å². The summed E-state index contributed by atoms with van der Waals surface area (Å²) in [6.07, 6.45) is 0. The Morgan fingerprint density at radius 1 is 1.37 bits per heavy atom. The van der Waals surface area contributed by atoms with Crippen molar-refractivity contribution in [1.82, 2.24) is 5.32 Å². The van der Waals surface area contributed by atoms with Crippen LogP contribution in [0.3, 0.4) is 0 Å². The van der Waals surface area contributed by atoms with Gasteiger partial charge in [0.05, 0.1) is 11.4 Å². The van der Waals surface area contributed by atoms with Crippen LogP contribution in [0.2, 0.25) is 0 Å². The van der Waals surface area contributed by atoms with Gasteiger partial charge in [0.25, 0.3) is 5.91 Å². The molecule has 0 atom stereocenters. The molecule has 1 rings (SSSR count). The van der Waals surface area contributed by atoms with Crippen molar-refractivity contribution in [2.24, 2.45) is 0 Å². The first-order chi connectivity index (χ1) is 8.89. The van der Waals surface area contributed by atoms with Gasteiger partial charge in [-0.3, -0.25) is 9.52 Å². The molecule has 0 fully saturated rings. The number of carbonyl (C=O) groups excluding carboxylic acids is 1. The van der Waals surface area contributed by atoms with Gasteiger partial charge in [-0.1, -0.05) is 0 Å². The molecule has 106 valence electrons. The Morgan fingerprint density at radius 3 is 2.58 bits per heavy atom. The van der Waals surface area contributed by atoms with Crippen molar-refractivity contribution in [3.8, 4) is 0 Å². The highest BCUT2D eigenvalue weighted by Gasteiger charge is 2.12. The summed E-state index contributed by atoms with van der Waals surface area (Å²) >= 11 is 5.42. The average Bonchev–Trinajstić information content (AvgIpc) is 2.31. The zero-order chi connectivity index (χ0) is 14.5. The van der Waals surface area contributed by atoms with Crippen LogP contribution in [0.5, 0.6) is 0 Å². The van der Waals surface area contributed by atoms with Crippen LogP contribution in [0.1, 0.15) is 22.8 Å². The number of hydrogen-bond acceptors (Lipinski definition) is 3. The molecule has 7 heteroatoms. The van der Waals surface area contributed by atoms with E-state index in [4.69, 9.17) is 11.6 Å². The van der Waals surface area contributed by atoms with Gasteiger partial charge in [0.1, 0.15) is 0 Å². The van der Waals surface area contributed by atoms with E-state index in [-0.39, 0.29) is 17.5 Å². The van der Waals surface area contributed by atoms with Crippen LogP contribution in [0, 0.1) is 6.92 Å². The summed E-state index contributed by atoms with van der Waals surface area (Å²) in [7, 11) is -3.43. The molecule has 0 spiro atoms. The van der Waals surface area contributed by atoms with Crippen molar-refractivity contribution in [2.45, 2.75) is 13.8 Å². The highest BCUT2D eigenvalue weighted by atomic mass is 35.5. The molecule has 19 heavy (non-hydrogen) atoms. The molecule has 0 unspecified atom stereocenters. The van der Waals surface area contributed by atoms with Gasteiger partial charge in [-0.25, -0.2) is 8.42 Å². The molecule has 0 heterocycles. The maximum absolute atomic E-state index is 11.6. The normalized spacial score (nSPS) is 11.1. The lowest BCUT2D eigenvalue weighted by atomic mass is 10.1. The quantitative estimate of drug-likeness (QED) is 0.786. The predicted octanol–water partition coefficient (Wildman–Crippen LogP) is 1.73. The molecule has 0 aliphatic carbocycles. The molecule has 2 N–H and O–H groups in total. The zero-order valence-electron chi connectivity index (χ0n) is 10.9. The van der Waals surface area contributed by atoms with Gasteiger partial charge < -0.3 is 5.32 Å². The maximum atomic E-state index is 11.6. The predicted molar refractivity (Wildman–Crippen MR) is 77.3 cm³/mol. The Hall–Kier alpha value is -1.27. The SMILES string of the molecule is CCNC(=O)c1ccc(NS(=O)(=O)CCCl)c(C)c1. The van der Waals surface area contributed by atoms with Crippen LogP contribution in [-0.2, 0) is 10.0 Å². The van der Waals surface area contributed by atoms with Crippen molar-refractivity contribution in [3.63, 3.8) is 0 Å². The first kappa shape index (κ1) is 15.8. The number of halogens is 1. The number of hydrogen-bond donors (Lipinski definition) is 2. The fourth-order valence-corrected chi connectivity index (χ4v) is 2.98. The minimum absolute atomic E-state index is 0.0331. The molecule has 0 bridgehead atoms. The fourth-order valence-electron chi connectivity index (χ4n) is 1.50. The smallest absolute Gasteiger partial charge is 0.251 e. The Bertz CT molecular complexity index is 558. The van der Waals surface area contributed by atoms with Gasteiger partial charge in [-0.15, -0.1) is 11.6 Å². The van der Waals surface area contributed by atoms with Gasteiger partial charge in [0.2, 0.25) is 10.0 Å². The van der Waals surface area contributed by atoms with Crippen LogP contribution in [-0.4, -0.2) is 32.5 Å². The summed E-state index contributed by atoms with van der Waals surface area (Å²) in [5.74, 6) is -0.293. The van der Waals surface area contributed by atoms with E-state index in [2.05, 4.69) is 10.0 Å². The summed E-state index contributed by atoms with van der Waals surface area (Å²) in [6.45, 7) is 4.11. The largest absolute Gasteiger partial charge is 0.352 e. The van der Waals surface area contributed by atoms with Crippen LogP contribution in [0.15, 0.2) is 18.2 Å². The lowest BCUT2D eigenvalue weighted by Gasteiger charge is -2.11. The molecule has 1 aromatic rings. The number of aryl methyl sites for hydroxylation is 1. The number of anilines is 1. The monoisotopic (exact) mass is 304 g/mol. The van der Waals surface area contributed by atoms with E-state index in [0.717, 1.165) is 0 Å². The number of sulfonamides is 1. The number of rotatable bonds is 6. The molecule has 1 amide bonds. The summed E-state index contributed by atoms with van der Waals surface area (Å²) < 4.78 is 25.6. The van der Waals surface area contributed by atoms with Crippen LogP contribution in [0.25, 0.3) is 0 Å². The Balaban J connectivity index is 2.92.